The Hall–Kier alpha value is -2.60. The maximum Gasteiger partial charge on any atom is 0.305 e. The summed E-state index contributed by atoms with van der Waals surface area (Å²) in [6, 6.07) is 13.1. The van der Waals surface area contributed by atoms with Crippen LogP contribution in [0.4, 0.5) is 0 Å². The van der Waals surface area contributed by atoms with Gasteiger partial charge < -0.3 is 9.73 Å². The highest BCUT2D eigenvalue weighted by Gasteiger charge is 2.16. The van der Waals surface area contributed by atoms with Crippen molar-refractivity contribution in [3.63, 3.8) is 0 Å². The number of hydrazine groups is 1. The summed E-state index contributed by atoms with van der Waals surface area (Å²) < 4.78 is 4.94. The molecule has 0 spiro atoms. The van der Waals surface area contributed by atoms with Crippen molar-refractivity contribution >= 4 is 11.8 Å². The van der Waals surface area contributed by atoms with Gasteiger partial charge in [0.15, 0.2) is 5.76 Å². The number of nitrogens with one attached hydrogen (secondary N) is 3. The van der Waals surface area contributed by atoms with Crippen LogP contribution in [-0.4, -0.2) is 18.4 Å². The predicted molar refractivity (Wildman–Crippen MR) is 86.3 cm³/mol. The van der Waals surface area contributed by atoms with Crippen molar-refractivity contribution in [2.24, 2.45) is 5.92 Å². The van der Waals surface area contributed by atoms with Crippen LogP contribution in [0.2, 0.25) is 0 Å². The standard InChI is InChI=1S/C17H21N3O3/c1-12(2)16(13-7-4-3-5-8-13)18-11-15(21)19-20-17(22)14-9-6-10-23-14/h3-10,12,16,18H,11H2,1-2H3,(H,19,21)(H,20,22)/t16-/m0/s1. The minimum atomic E-state index is -0.494. The van der Waals surface area contributed by atoms with Gasteiger partial charge in [0.25, 0.3) is 5.91 Å². The second kappa shape index (κ2) is 8.14. The molecule has 6 nitrogen and oxygen atoms in total. The van der Waals surface area contributed by atoms with Gasteiger partial charge in [-0.1, -0.05) is 44.2 Å². The fourth-order valence-corrected chi connectivity index (χ4v) is 2.24. The molecule has 0 bridgehead atoms. The fourth-order valence-electron chi connectivity index (χ4n) is 2.24. The number of rotatable bonds is 6. The lowest BCUT2D eigenvalue weighted by atomic mass is 9.96. The van der Waals surface area contributed by atoms with E-state index in [9.17, 15) is 9.59 Å². The molecule has 0 aliphatic rings. The van der Waals surface area contributed by atoms with E-state index in [1.807, 2.05) is 30.3 Å². The Morgan fingerprint density at radius 3 is 2.39 bits per heavy atom. The van der Waals surface area contributed by atoms with Gasteiger partial charge in [0.05, 0.1) is 12.8 Å². The molecule has 2 rings (SSSR count). The molecule has 122 valence electrons. The minimum Gasteiger partial charge on any atom is -0.459 e. The molecule has 2 aromatic rings. The molecule has 1 aromatic carbocycles. The lowest BCUT2D eigenvalue weighted by molar-refractivity contribution is -0.121. The number of hydrogen-bond donors (Lipinski definition) is 3. The maximum absolute atomic E-state index is 11.9. The summed E-state index contributed by atoms with van der Waals surface area (Å²) in [5, 5.41) is 3.21. The fraction of sp³-hybridized carbons (Fsp3) is 0.294. The second-order valence-electron chi connectivity index (χ2n) is 5.49. The quantitative estimate of drug-likeness (QED) is 0.712. The van der Waals surface area contributed by atoms with Crippen LogP contribution in [-0.2, 0) is 4.79 Å². The summed E-state index contributed by atoms with van der Waals surface area (Å²) in [7, 11) is 0. The highest BCUT2D eigenvalue weighted by atomic mass is 16.3. The smallest absolute Gasteiger partial charge is 0.305 e. The monoisotopic (exact) mass is 315 g/mol. The van der Waals surface area contributed by atoms with Gasteiger partial charge in [0, 0.05) is 6.04 Å². The molecule has 0 aliphatic heterocycles. The van der Waals surface area contributed by atoms with Crippen LogP contribution in [0, 0.1) is 5.92 Å². The first-order valence-corrected chi connectivity index (χ1v) is 7.49. The molecular formula is C17H21N3O3. The van der Waals surface area contributed by atoms with E-state index in [0.717, 1.165) is 5.56 Å². The number of carbonyl (C=O) groups is 2. The molecule has 6 heteroatoms. The third-order valence-electron chi connectivity index (χ3n) is 3.37. The number of benzene rings is 1. The van der Waals surface area contributed by atoms with Gasteiger partial charge in [0.1, 0.15) is 0 Å². The Kier molecular flexibility index (Phi) is 5.94. The number of amides is 2. The van der Waals surface area contributed by atoms with Crippen molar-refractivity contribution < 1.29 is 14.0 Å². The summed E-state index contributed by atoms with van der Waals surface area (Å²) in [6.45, 7) is 4.26. The van der Waals surface area contributed by atoms with Crippen LogP contribution < -0.4 is 16.2 Å². The minimum absolute atomic E-state index is 0.0581. The van der Waals surface area contributed by atoms with E-state index >= 15 is 0 Å². The molecule has 0 fully saturated rings. The molecule has 0 saturated carbocycles. The zero-order chi connectivity index (χ0) is 16.7. The highest BCUT2D eigenvalue weighted by Crippen LogP contribution is 2.20. The van der Waals surface area contributed by atoms with E-state index in [2.05, 4.69) is 30.0 Å². The normalized spacial score (nSPS) is 12.0. The third kappa shape index (κ3) is 4.96. The number of furan rings is 1. The van der Waals surface area contributed by atoms with E-state index in [-0.39, 0.29) is 24.3 Å². The Morgan fingerprint density at radius 1 is 1.04 bits per heavy atom. The lowest BCUT2D eigenvalue weighted by Gasteiger charge is -2.22. The van der Waals surface area contributed by atoms with Crippen LogP contribution in [0.5, 0.6) is 0 Å². The zero-order valence-electron chi connectivity index (χ0n) is 13.2. The lowest BCUT2D eigenvalue weighted by Crippen LogP contribution is -2.46. The van der Waals surface area contributed by atoms with Gasteiger partial charge in [-0.05, 0) is 23.6 Å². The summed E-state index contributed by atoms with van der Waals surface area (Å²) in [6.07, 6.45) is 1.39. The molecule has 1 aromatic heterocycles. The second-order valence-corrected chi connectivity index (χ2v) is 5.49. The van der Waals surface area contributed by atoms with Crippen molar-refractivity contribution in [3.8, 4) is 0 Å². The predicted octanol–water partition coefficient (Wildman–Crippen LogP) is 2.03. The highest BCUT2D eigenvalue weighted by molar-refractivity contribution is 5.93. The first-order valence-electron chi connectivity index (χ1n) is 7.49. The van der Waals surface area contributed by atoms with E-state index in [1.54, 1.807) is 6.07 Å². The number of carbonyl (C=O) groups excluding carboxylic acids is 2. The summed E-state index contributed by atoms with van der Waals surface area (Å²) in [4.78, 5) is 23.5. The Labute approximate surface area is 135 Å². The maximum atomic E-state index is 11.9. The average Bonchev–Trinajstić information content (AvgIpc) is 3.08. The van der Waals surface area contributed by atoms with Crippen LogP contribution in [0.1, 0.15) is 36.0 Å². The van der Waals surface area contributed by atoms with E-state index < -0.39 is 5.91 Å². The third-order valence-corrected chi connectivity index (χ3v) is 3.37. The van der Waals surface area contributed by atoms with Gasteiger partial charge >= 0.3 is 5.91 Å². The first kappa shape index (κ1) is 16.8. The molecule has 2 amide bonds. The Morgan fingerprint density at radius 2 is 1.78 bits per heavy atom. The molecule has 0 unspecified atom stereocenters. The molecular weight excluding hydrogens is 294 g/mol. The molecule has 1 heterocycles. The topological polar surface area (TPSA) is 83.4 Å². The zero-order valence-corrected chi connectivity index (χ0v) is 13.2. The van der Waals surface area contributed by atoms with Crippen LogP contribution in [0.3, 0.4) is 0 Å². The summed E-state index contributed by atoms with van der Waals surface area (Å²) in [5.74, 6) is -0.358. The van der Waals surface area contributed by atoms with Crippen molar-refractivity contribution in [2.45, 2.75) is 19.9 Å². The first-order chi connectivity index (χ1) is 11.1. The van der Waals surface area contributed by atoms with Crippen molar-refractivity contribution in [1.82, 2.24) is 16.2 Å². The van der Waals surface area contributed by atoms with E-state index in [1.165, 1.54) is 12.3 Å². The summed E-state index contributed by atoms with van der Waals surface area (Å²) in [5.41, 5.74) is 5.78. The molecule has 0 aliphatic carbocycles. The van der Waals surface area contributed by atoms with Crippen LogP contribution in [0.15, 0.2) is 53.1 Å². The van der Waals surface area contributed by atoms with Crippen molar-refractivity contribution in [3.05, 3.63) is 60.1 Å². The number of hydrogen-bond acceptors (Lipinski definition) is 4. The summed E-state index contributed by atoms with van der Waals surface area (Å²) >= 11 is 0. The van der Waals surface area contributed by atoms with E-state index in [4.69, 9.17) is 4.42 Å². The van der Waals surface area contributed by atoms with Crippen molar-refractivity contribution in [2.75, 3.05) is 6.54 Å². The van der Waals surface area contributed by atoms with Gasteiger partial charge in [-0.2, -0.15) is 0 Å². The largest absolute Gasteiger partial charge is 0.459 e. The average molecular weight is 315 g/mol. The SMILES string of the molecule is CC(C)[C@H](NCC(=O)NNC(=O)c1ccco1)c1ccccc1. The molecule has 3 N–H and O–H groups in total. The van der Waals surface area contributed by atoms with Crippen LogP contribution in [0.25, 0.3) is 0 Å². The van der Waals surface area contributed by atoms with Crippen LogP contribution >= 0.6 is 0 Å². The Balaban J connectivity index is 1.81. The molecule has 0 radical (unpaired) electrons. The molecule has 1 atom stereocenters. The van der Waals surface area contributed by atoms with E-state index in [0.29, 0.717) is 5.92 Å². The van der Waals surface area contributed by atoms with Gasteiger partial charge in [-0.3, -0.25) is 20.4 Å². The molecule has 0 saturated heterocycles. The Bertz CT molecular complexity index is 624. The van der Waals surface area contributed by atoms with Crippen molar-refractivity contribution in [1.29, 1.82) is 0 Å². The van der Waals surface area contributed by atoms with Gasteiger partial charge in [0.2, 0.25) is 0 Å². The van der Waals surface area contributed by atoms with Gasteiger partial charge in [-0.25, -0.2) is 0 Å². The van der Waals surface area contributed by atoms with Gasteiger partial charge in [-0.15, -0.1) is 0 Å². The molecule has 23 heavy (non-hydrogen) atoms.